The second-order valence-corrected chi connectivity index (χ2v) is 7.68. The van der Waals surface area contributed by atoms with Gasteiger partial charge >= 0.3 is 0 Å². The number of anilines is 2. The summed E-state index contributed by atoms with van der Waals surface area (Å²) in [7, 11) is 0. The zero-order chi connectivity index (χ0) is 13.9. The van der Waals surface area contributed by atoms with Gasteiger partial charge in [0.05, 0.1) is 11.4 Å². The Bertz CT molecular complexity index is 551. The molecule has 20 heavy (non-hydrogen) atoms. The minimum absolute atomic E-state index is 0.637. The van der Waals surface area contributed by atoms with Gasteiger partial charge in [-0.05, 0) is 85.0 Å². The van der Waals surface area contributed by atoms with Gasteiger partial charge in [-0.1, -0.05) is 13.3 Å². The average molecular weight is 270 g/mol. The Morgan fingerprint density at radius 2 is 1.85 bits per heavy atom. The molecule has 2 saturated carbocycles. The van der Waals surface area contributed by atoms with Crippen LogP contribution in [0.2, 0.25) is 0 Å². The normalized spacial score (nSPS) is 39.0. The van der Waals surface area contributed by atoms with Crippen LogP contribution in [0.15, 0.2) is 12.1 Å². The standard InChI is InChI=1S/C18H26N2/c1-18-7-2-3-15(18)13-5-4-11-9-16(19)17(20)10-14(11)12(13)6-8-18/h9-10,12-13,15H,2-8,19-20H2,1H3. The number of hydrogen-bond donors (Lipinski definition) is 2. The van der Waals surface area contributed by atoms with E-state index in [0.29, 0.717) is 5.41 Å². The summed E-state index contributed by atoms with van der Waals surface area (Å²) in [5, 5.41) is 0. The summed E-state index contributed by atoms with van der Waals surface area (Å²) in [6, 6.07) is 4.34. The highest BCUT2D eigenvalue weighted by Crippen LogP contribution is 2.61. The molecular weight excluding hydrogens is 244 g/mol. The second-order valence-electron chi connectivity index (χ2n) is 7.68. The molecule has 4 N–H and O–H groups in total. The van der Waals surface area contributed by atoms with E-state index in [1.165, 1.54) is 56.1 Å². The molecule has 4 atom stereocenters. The molecule has 1 aromatic rings. The first-order valence-corrected chi connectivity index (χ1v) is 8.26. The van der Waals surface area contributed by atoms with Gasteiger partial charge in [0.2, 0.25) is 0 Å². The third kappa shape index (κ3) is 1.63. The van der Waals surface area contributed by atoms with Crippen molar-refractivity contribution < 1.29 is 0 Å². The molecule has 4 rings (SSSR count). The SMILES string of the molecule is CC12CCCC1C1CCc3cc(N)c(N)cc3C1CC2. The number of fused-ring (bicyclic) bond motifs is 5. The molecule has 0 aromatic heterocycles. The summed E-state index contributed by atoms with van der Waals surface area (Å²) < 4.78 is 0. The molecule has 0 aliphatic heterocycles. The number of aryl methyl sites for hydroxylation is 1. The Morgan fingerprint density at radius 1 is 1.05 bits per heavy atom. The van der Waals surface area contributed by atoms with E-state index in [0.717, 1.165) is 29.1 Å². The smallest absolute Gasteiger partial charge is 0.0550 e. The maximum Gasteiger partial charge on any atom is 0.0550 e. The van der Waals surface area contributed by atoms with Gasteiger partial charge in [-0.3, -0.25) is 0 Å². The molecule has 0 heterocycles. The van der Waals surface area contributed by atoms with Crippen LogP contribution >= 0.6 is 0 Å². The van der Waals surface area contributed by atoms with E-state index in [-0.39, 0.29) is 0 Å². The lowest BCUT2D eigenvalue weighted by Gasteiger charge is -2.49. The van der Waals surface area contributed by atoms with Crippen LogP contribution in [0.4, 0.5) is 11.4 Å². The van der Waals surface area contributed by atoms with Crippen molar-refractivity contribution in [2.45, 2.75) is 57.8 Å². The van der Waals surface area contributed by atoms with E-state index in [2.05, 4.69) is 19.1 Å². The van der Waals surface area contributed by atoms with Gasteiger partial charge in [-0.25, -0.2) is 0 Å². The summed E-state index contributed by atoms with van der Waals surface area (Å²) in [4.78, 5) is 0. The van der Waals surface area contributed by atoms with Gasteiger partial charge in [0.1, 0.15) is 0 Å². The first-order valence-electron chi connectivity index (χ1n) is 8.26. The monoisotopic (exact) mass is 270 g/mol. The average Bonchev–Trinajstić information content (AvgIpc) is 2.82. The zero-order valence-corrected chi connectivity index (χ0v) is 12.5. The lowest BCUT2D eigenvalue weighted by atomic mass is 9.56. The van der Waals surface area contributed by atoms with E-state index in [9.17, 15) is 0 Å². The highest BCUT2D eigenvalue weighted by atomic mass is 14.7. The first kappa shape index (κ1) is 12.6. The van der Waals surface area contributed by atoms with Crippen LogP contribution in [-0.2, 0) is 6.42 Å². The minimum atomic E-state index is 0.637. The van der Waals surface area contributed by atoms with Crippen molar-refractivity contribution in [1.29, 1.82) is 0 Å². The predicted molar refractivity (Wildman–Crippen MR) is 84.5 cm³/mol. The topological polar surface area (TPSA) is 52.0 Å². The van der Waals surface area contributed by atoms with Crippen LogP contribution in [-0.4, -0.2) is 0 Å². The summed E-state index contributed by atoms with van der Waals surface area (Å²) in [6.45, 7) is 2.55. The molecule has 2 fully saturated rings. The second kappa shape index (κ2) is 4.16. The zero-order valence-electron chi connectivity index (χ0n) is 12.5. The fourth-order valence-corrected chi connectivity index (χ4v) is 5.65. The Kier molecular flexibility index (Phi) is 2.61. The van der Waals surface area contributed by atoms with Gasteiger partial charge in [-0.2, -0.15) is 0 Å². The van der Waals surface area contributed by atoms with Crippen molar-refractivity contribution in [3.8, 4) is 0 Å². The summed E-state index contributed by atoms with van der Waals surface area (Å²) in [5.74, 6) is 2.60. The molecule has 3 aliphatic rings. The lowest BCUT2D eigenvalue weighted by Crippen LogP contribution is -2.39. The van der Waals surface area contributed by atoms with E-state index in [1.807, 2.05) is 0 Å². The lowest BCUT2D eigenvalue weighted by molar-refractivity contribution is 0.0599. The van der Waals surface area contributed by atoms with E-state index < -0.39 is 0 Å². The molecule has 0 spiro atoms. The molecule has 0 bridgehead atoms. The van der Waals surface area contributed by atoms with Crippen LogP contribution in [0.5, 0.6) is 0 Å². The van der Waals surface area contributed by atoms with Crippen LogP contribution < -0.4 is 11.5 Å². The van der Waals surface area contributed by atoms with E-state index >= 15 is 0 Å². The Hall–Kier alpha value is -1.18. The number of hydrogen-bond acceptors (Lipinski definition) is 2. The van der Waals surface area contributed by atoms with Gasteiger partial charge in [0, 0.05) is 0 Å². The third-order valence-electron chi connectivity index (χ3n) is 6.71. The number of rotatable bonds is 0. The fraction of sp³-hybridized carbons (Fsp3) is 0.667. The first-order chi connectivity index (χ1) is 9.58. The van der Waals surface area contributed by atoms with Crippen molar-refractivity contribution in [2.24, 2.45) is 17.3 Å². The molecule has 2 heteroatoms. The van der Waals surface area contributed by atoms with Gasteiger partial charge < -0.3 is 11.5 Å². The molecule has 0 radical (unpaired) electrons. The van der Waals surface area contributed by atoms with Crippen LogP contribution in [0.1, 0.15) is 62.5 Å². The van der Waals surface area contributed by atoms with Crippen molar-refractivity contribution in [3.63, 3.8) is 0 Å². The number of nitrogens with two attached hydrogens (primary N) is 2. The van der Waals surface area contributed by atoms with Crippen molar-refractivity contribution in [3.05, 3.63) is 23.3 Å². The highest BCUT2D eigenvalue weighted by Gasteiger charge is 2.50. The van der Waals surface area contributed by atoms with Crippen molar-refractivity contribution >= 4 is 11.4 Å². The van der Waals surface area contributed by atoms with E-state index in [1.54, 1.807) is 0 Å². The molecule has 108 valence electrons. The molecule has 1 aromatic carbocycles. The van der Waals surface area contributed by atoms with E-state index in [4.69, 9.17) is 11.5 Å². The summed E-state index contributed by atoms with van der Waals surface area (Å²) >= 11 is 0. The Balaban J connectivity index is 1.74. The molecular formula is C18H26N2. The van der Waals surface area contributed by atoms with Crippen LogP contribution in [0.25, 0.3) is 0 Å². The molecule has 2 nitrogen and oxygen atoms in total. The summed E-state index contributed by atoms with van der Waals surface area (Å²) in [5.41, 5.74) is 17.3. The molecule has 3 aliphatic carbocycles. The summed E-state index contributed by atoms with van der Waals surface area (Å²) in [6.07, 6.45) is 9.68. The van der Waals surface area contributed by atoms with Gasteiger partial charge in [-0.15, -0.1) is 0 Å². The van der Waals surface area contributed by atoms with Gasteiger partial charge in [0.25, 0.3) is 0 Å². The van der Waals surface area contributed by atoms with Crippen molar-refractivity contribution in [1.82, 2.24) is 0 Å². The maximum atomic E-state index is 6.07. The quantitative estimate of drug-likeness (QED) is 0.697. The number of nitrogen functional groups attached to an aromatic ring is 2. The maximum absolute atomic E-state index is 6.07. The predicted octanol–water partition coefficient (Wildman–Crippen LogP) is 4.10. The number of benzene rings is 1. The minimum Gasteiger partial charge on any atom is -0.397 e. The largest absolute Gasteiger partial charge is 0.397 e. The van der Waals surface area contributed by atoms with Crippen LogP contribution in [0.3, 0.4) is 0 Å². The van der Waals surface area contributed by atoms with Crippen LogP contribution in [0, 0.1) is 17.3 Å². The Morgan fingerprint density at radius 3 is 2.70 bits per heavy atom. The highest BCUT2D eigenvalue weighted by molar-refractivity contribution is 5.66. The Labute approximate surface area is 121 Å². The molecule has 0 amide bonds. The van der Waals surface area contributed by atoms with Gasteiger partial charge in [0.15, 0.2) is 0 Å². The third-order valence-corrected chi connectivity index (χ3v) is 6.71. The molecule has 0 saturated heterocycles. The van der Waals surface area contributed by atoms with Crippen molar-refractivity contribution in [2.75, 3.05) is 11.5 Å². The fourth-order valence-electron chi connectivity index (χ4n) is 5.65. The molecule has 4 unspecified atom stereocenters.